The third kappa shape index (κ3) is 5.91. The van der Waals surface area contributed by atoms with E-state index in [1.165, 1.54) is 10.5 Å². The summed E-state index contributed by atoms with van der Waals surface area (Å²) in [5, 5.41) is 0.414. The maximum atomic E-state index is 12.7. The third-order valence-corrected chi connectivity index (χ3v) is 7.07. The van der Waals surface area contributed by atoms with Gasteiger partial charge in [-0.2, -0.15) is 0 Å². The number of carbonyl (C=O) groups excluding carboxylic acids is 2. The van der Waals surface area contributed by atoms with Crippen molar-refractivity contribution in [3.63, 3.8) is 0 Å². The van der Waals surface area contributed by atoms with Gasteiger partial charge in [-0.1, -0.05) is 48.0 Å². The quantitative estimate of drug-likeness (QED) is 0.297. The topological polar surface area (TPSA) is 92.4 Å². The zero-order chi connectivity index (χ0) is 25.8. The van der Waals surface area contributed by atoms with E-state index in [-0.39, 0.29) is 0 Å². The van der Waals surface area contributed by atoms with E-state index in [1.807, 2.05) is 18.2 Å². The Kier molecular flexibility index (Phi) is 8.01. The zero-order valence-electron chi connectivity index (χ0n) is 21.0. The van der Waals surface area contributed by atoms with Gasteiger partial charge in [0.25, 0.3) is 11.7 Å². The van der Waals surface area contributed by atoms with Crippen LogP contribution in [0, 0.1) is 0 Å². The van der Waals surface area contributed by atoms with Crippen molar-refractivity contribution in [1.29, 1.82) is 0 Å². The lowest BCUT2D eigenvalue weighted by Gasteiger charge is -2.30. The molecule has 2 heterocycles. The Bertz CT molecular complexity index is 1270. The van der Waals surface area contributed by atoms with Crippen molar-refractivity contribution in [3.8, 4) is 0 Å². The normalized spacial score (nSPS) is 14.6. The first-order valence-corrected chi connectivity index (χ1v) is 12.5. The molecule has 2 N–H and O–H groups in total. The number of benzene rings is 2. The van der Waals surface area contributed by atoms with Gasteiger partial charge in [0.1, 0.15) is 5.82 Å². The number of hydrogen-bond acceptors (Lipinski definition) is 6. The lowest BCUT2D eigenvalue weighted by molar-refractivity contribution is -0.124. The number of nitrogens with two attached hydrogens (primary N) is 1. The molecule has 36 heavy (non-hydrogen) atoms. The number of Topliss-reactive ketones (excluding diaryl/α,β-unsaturated/α-hetero) is 1. The summed E-state index contributed by atoms with van der Waals surface area (Å²) >= 11 is 6.43. The monoisotopic (exact) mass is 505 g/mol. The highest BCUT2D eigenvalue weighted by Crippen LogP contribution is 2.32. The Hall–Kier alpha value is -3.29. The average molecular weight is 506 g/mol. The van der Waals surface area contributed by atoms with Crippen LogP contribution in [-0.4, -0.2) is 65.7 Å². The number of piperidine rings is 1. The second kappa shape index (κ2) is 11.2. The Labute approximate surface area is 217 Å². The standard InChI is InChI=1S/C28H32ClN5O2/c1-33(2)28(36)27(35)22-7-5-4-6-20(22)16-25-23(29)17-31-26(32-25)15-18-8-9-21(24(30)14-18)19-10-12-34(3)13-11-19/h4-9,14,17,19H,10-13,15-16,30H2,1-3H3. The molecule has 188 valence electrons. The van der Waals surface area contributed by atoms with E-state index in [2.05, 4.69) is 29.1 Å². The Morgan fingerprint density at radius 1 is 1.11 bits per heavy atom. The van der Waals surface area contributed by atoms with E-state index in [0.717, 1.165) is 37.2 Å². The van der Waals surface area contributed by atoms with Crippen LogP contribution in [0.5, 0.6) is 0 Å². The smallest absolute Gasteiger partial charge is 0.294 e. The van der Waals surface area contributed by atoms with Gasteiger partial charge in [0.15, 0.2) is 0 Å². The number of nitrogen functional groups attached to an aromatic ring is 1. The molecule has 1 aliphatic heterocycles. The predicted octanol–water partition coefficient (Wildman–Crippen LogP) is 3.97. The van der Waals surface area contributed by atoms with Crippen molar-refractivity contribution in [1.82, 2.24) is 19.8 Å². The summed E-state index contributed by atoms with van der Waals surface area (Å²) in [5.41, 5.74) is 11.2. The van der Waals surface area contributed by atoms with Gasteiger partial charge < -0.3 is 15.5 Å². The molecule has 0 aliphatic carbocycles. The number of halogens is 1. The number of rotatable bonds is 7. The maximum absolute atomic E-state index is 12.7. The minimum Gasteiger partial charge on any atom is -0.398 e. The van der Waals surface area contributed by atoms with Gasteiger partial charge in [0.2, 0.25) is 0 Å². The summed E-state index contributed by atoms with van der Waals surface area (Å²) in [7, 11) is 5.27. The molecule has 1 fully saturated rings. The van der Waals surface area contributed by atoms with E-state index in [4.69, 9.17) is 22.3 Å². The second-order valence-electron chi connectivity index (χ2n) is 9.66. The molecule has 0 radical (unpaired) electrons. The molecule has 4 rings (SSSR count). The second-order valence-corrected chi connectivity index (χ2v) is 10.1. The Balaban J connectivity index is 1.53. The number of likely N-dealkylation sites (tertiary alicyclic amines) is 1. The third-order valence-electron chi connectivity index (χ3n) is 6.76. The van der Waals surface area contributed by atoms with E-state index >= 15 is 0 Å². The first kappa shape index (κ1) is 25.8. The predicted molar refractivity (Wildman–Crippen MR) is 142 cm³/mol. The van der Waals surface area contributed by atoms with Gasteiger partial charge in [-0.25, -0.2) is 9.97 Å². The number of aromatic nitrogens is 2. The average Bonchev–Trinajstić information content (AvgIpc) is 2.86. The summed E-state index contributed by atoms with van der Waals surface area (Å²) in [5.74, 6) is -0.0100. The molecule has 0 atom stereocenters. The highest BCUT2D eigenvalue weighted by Gasteiger charge is 2.22. The van der Waals surface area contributed by atoms with E-state index in [9.17, 15) is 9.59 Å². The fourth-order valence-corrected chi connectivity index (χ4v) is 4.81. The fourth-order valence-electron chi connectivity index (χ4n) is 4.66. The first-order chi connectivity index (χ1) is 17.2. The van der Waals surface area contributed by atoms with Gasteiger partial charge in [0.05, 0.1) is 10.7 Å². The van der Waals surface area contributed by atoms with Gasteiger partial charge in [0, 0.05) is 44.4 Å². The van der Waals surface area contributed by atoms with Crippen molar-refractivity contribution in [2.24, 2.45) is 0 Å². The SMILES string of the molecule is CN1CCC(c2ccc(Cc3ncc(Cl)c(Cc4ccccc4C(=O)C(=O)N(C)C)n3)cc2N)CC1. The van der Waals surface area contributed by atoms with Crippen molar-refractivity contribution in [2.45, 2.75) is 31.6 Å². The molecule has 0 unspecified atom stereocenters. The van der Waals surface area contributed by atoms with Crippen molar-refractivity contribution >= 4 is 29.0 Å². The summed E-state index contributed by atoms with van der Waals surface area (Å²) in [6.07, 6.45) is 4.66. The van der Waals surface area contributed by atoms with Crippen molar-refractivity contribution < 1.29 is 9.59 Å². The first-order valence-electron chi connectivity index (χ1n) is 12.1. The van der Waals surface area contributed by atoms with Crippen LogP contribution < -0.4 is 5.73 Å². The van der Waals surface area contributed by atoms with Gasteiger partial charge in [-0.3, -0.25) is 9.59 Å². The molecular weight excluding hydrogens is 474 g/mol. The molecule has 3 aromatic rings. The lowest BCUT2D eigenvalue weighted by Crippen LogP contribution is -2.30. The molecule has 0 bridgehead atoms. The number of carbonyl (C=O) groups is 2. The van der Waals surface area contributed by atoms with E-state index in [0.29, 0.717) is 46.4 Å². The van der Waals surface area contributed by atoms with Crippen molar-refractivity contribution in [2.75, 3.05) is 40.0 Å². The van der Waals surface area contributed by atoms with Crippen LogP contribution in [0.4, 0.5) is 5.69 Å². The largest absolute Gasteiger partial charge is 0.398 e. The number of likely N-dealkylation sites (N-methyl/N-ethyl adjacent to an activating group) is 1. The molecule has 2 aromatic carbocycles. The van der Waals surface area contributed by atoms with Crippen molar-refractivity contribution in [3.05, 3.63) is 87.5 Å². The summed E-state index contributed by atoms with van der Waals surface area (Å²) in [6.45, 7) is 2.18. The highest BCUT2D eigenvalue weighted by molar-refractivity contribution is 6.43. The van der Waals surface area contributed by atoms with Crippen LogP contribution >= 0.6 is 11.6 Å². The maximum Gasteiger partial charge on any atom is 0.294 e. The Morgan fingerprint density at radius 2 is 1.83 bits per heavy atom. The van der Waals surface area contributed by atoms with E-state index in [1.54, 1.807) is 32.4 Å². The summed E-state index contributed by atoms with van der Waals surface area (Å²) < 4.78 is 0. The molecule has 0 spiro atoms. The minimum absolute atomic E-state index is 0.314. The van der Waals surface area contributed by atoms with Gasteiger partial charge in [-0.15, -0.1) is 0 Å². The zero-order valence-corrected chi connectivity index (χ0v) is 21.8. The van der Waals surface area contributed by atoms with Crippen LogP contribution in [0.2, 0.25) is 5.02 Å². The minimum atomic E-state index is -0.571. The van der Waals surface area contributed by atoms with Gasteiger partial charge in [-0.05, 0) is 61.7 Å². The number of hydrogen-bond donors (Lipinski definition) is 1. The Morgan fingerprint density at radius 3 is 2.53 bits per heavy atom. The summed E-state index contributed by atoms with van der Waals surface area (Å²) in [6, 6.07) is 13.3. The molecule has 1 amide bonds. The number of nitrogens with zero attached hydrogens (tertiary/aromatic N) is 4. The van der Waals surface area contributed by atoms with Crippen LogP contribution in [0.3, 0.4) is 0 Å². The number of ketones is 1. The van der Waals surface area contributed by atoms with Crippen LogP contribution in [0.1, 0.15) is 57.3 Å². The molecule has 8 heteroatoms. The molecule has 7 nitrogen and oxygen atoms in total. The van der Waals surface area contributed by atoms with E-state index < -0.39 is 11.7 Å². The highest BCUT2D eigenvalue weighted by atomic mass is 35.5. The molecule has 1 aromatic heterocycles. The fraction of sp³-hybridized carbons (Fsp3) is 0.357. The molecule has 1 aliphatic rings. The lowest BCUT2D eigenvalue weighted by atomic mass is 9.88. The summed E-state index contributed by atoms with van der Waals surface area (Å²) in [4.78, 5) is 37.7. The van der Waals surface area contributed by atoms with Crippen LogP contribution in [0.15, 0.2) is 48.7 Å². The molecular formula is C28H32ClN5O2. The van der Waals surface area contributed by atoms with Gasteiger partial charge >= 0.3 is 0 Å². The number of amides is 1. The molecule has 0 saturated carbocycles. The van der Waals surface area contributed by atoms with Crippen LogP contribution in [0.25, 0.3) is 0 Å². The van der Waals surface area contributed by atoms with Crippen LogP contribution in [-0.2, 0) is 17.6 Å². The number of anilines is 1. The molecule has 1 saturated heterocycles.